The Morgan fingerprint density at radius 3 is 2.20 bits per heavy atom. The number of aryl methyl sites for hydroxylation is 1. The molecular weight excluding hydrogens is 246 g/mol. The van der Waals surface area contributed by atoms with Crippen molar-refractivity contribution in [1.82, 2.24) is 0 Å². The van der Waals surface area contributed by atoms with Gasteiger partial charge in [0.05, 0.1) is 17.2 Å². The van der Waals surface area contributed by atoms with Crippen molar-refractivity contribution < 1.29 is 5.11 Å². The van der Waals surface area contributed by atoms with E-state index in [0.717, 1.165) is 44.1 Å². The molecule has 0 aliphatic rings. The molecule has 0 radical (unpaired) electrons. The molecule has 2 nitrogen and oxygen atoms in total. The minimum absolute atomic E-state index is 0.536. The fourth-order valence-corrected chi connectivity index (χ4v) is 2.48. The third-order valence-corrected chi connectivity index (χ3v) is 3.37. The standard InChI is InChI=1S/C16H23NO.C2H6/c1-3-9-16(18,10-4-2)11-8-14-6-5-7-15(12-14)13-17;1-2/h5-7,12,18H,3-4,8-11H2,1-2H3;1-2H3. The first kappa shape index (κ1) is 18.7. The van der Waals surface area contributed by atoms with Crippen LogP contribution in [0.1, 0.15) is 70.9 Å². The number of benzene rings is 1. The van der Waals surface area contributed by atoms with Gasteiger partial charge in [0.25, 0.3) is 0 Å². The predicted molar refractivity (Wildman–Crippen MR) is 85.6 cm³/mol. The van der Waals surface area contributed by atoms with Crippen LogP contribution in [-0.2, 0) is 6.42 Å². The SMILES string of the molecule is CC.CCCC(O)(CCC)CCc1cccc(C#N)c1. The second-order valence-electron chi connectivity index (χ2n) is 5.04. The van der Waals surface area contributed by atoms with Crippen LogP contribution in [0, 0.1) is 11.3 Å². The van der Waals surface area contributed by atoms with E-state index in [9.17, 15) is 5.11 Å². The Morgan fingerprint density at radius 2 is 1.70 bits per heavy atom. The van der Waals surface area contributed by atoms with Crippen molar-refractivity contribution in [2.24, 2.45) is 0 Å². The number of hydrogen-bond acceptors (Lipinski definition) is 2. The van der Waals surface area contributed by atoms with Crippen LogP contribution in [0.3, 0.4) is 0 Å². The van der Waals surface area contributed by atoms with E-state index in [4.69, 9.17) is 5.26 Å². The van der Waals surface area contributed by atoms with Crippen LogP contribution in [0.25, 0.3) is 0 Å². The minimum Gasteiger partial charge on any atom is -0.390 e. The Bertz CT molecular complexity index is 400. The second-order valence-corrected chi connectivity index (χ2v) is 5.04. The summed E-state index contributed by atoms with van der Waals surface area (Å²) in [4.78, 5) is 0. The highest BCUT2D eigenvalue weighted by molar-refractivity contribution is 5.32. The van der Waals surface area contributed by atoms with Gasteiger partial charge in [0.1, 0.15) is 0 Å². The van der Waals surface area contributed by atoms with Crippen LogP contribution in [0.15, 0.2) is 24.3 Å². The number of nitrogens with zero attached hydrogens (tertiary/aromatic N) is 1. The number of nitriles is 1. The van der Waals surface area contributed by atoms with Gasteiger partial charge in [0.15, 0.2) is 0 Å². The normalized spacial score (nSPS) is 10.4. The molecule has 20 heavy (non-hydrogen) atoms. The van der Waals surface area contributed by atoms with E-state index in [1.807, 2.05) is 38.1 Å². The largest absolute Gasteiger partial charge is 0.390 e. The number of aliphatic hydroxyl groups is 1. The van der Waals surface area contributed by atoms with Gasteiger partial charge in [-0.15, -0.1) is 0 Å². The van der Waals surface area contributed by atoms with Gasteiger partial charge in [-0.25, -0.2) is 0 Å². The summed E-state index contributed by atoms with van der Waals surface area (Å²) in [6.07, 6.45) is 5.36. The van der Waals surface area contributed by atoms with Crippen molar-refractivity contribution >= 4 is 0 Å². The molecule has 1 aromatic carbocycles. The van der Waals surface area contributed by atoms with Crippen molar-refractivity contribution in [2.75, 3.05) is 0 Å². The van der Waals surface area contributed by atoms with E-state index >= 15 is 0 Å². The molecule has 1 rings (SSSR count). The van der Waals surface area contributed by atoms with Crippen molar-refractivity contribution in [3.63, 3.8) is 0 Å². The zero-order valence-electron chi connectivity index (χ0n) is 13.4. The predicted octanol–water partition coefficient (Wildman–Crippen LogP) is 4.85. The van der Waals surface area contributed by atoms with Crippen LogP contribution in [0.4, 0.5) is 0 Å². The Balaban J connectivity index is 0.00000172. The van der Waals surface area contributed by atoms with Gasteiger partial charge in [0.2, 0.25) is 0 Å². The molecule has 0 aliphatic carbocycles. The van der Waals surface area contributed by atoms with E-state index in [0.29, 0.717) is 5.56 Å². The van der Waals surface area contributed by atoms with Crippen LogP contribution in [0.2, 0.25) is 0 Å². The highest BCUT2D eigenvalue weighted by Crippen LogP contribution is 2.25. The van der Waals surface area contributed by atoms with Crippen molar-refractivity contribution in [2.45, 2.75) is 71.8 Å². The fraction of sp³-hybridized carbons (Fsp3) is 0.611. The maximum atomic E-state index is 10.5. The molecule has 0 saturated heterocycles. The summed E-state index contributed by atoms with van der Waals surface area (Å²) >= 11 is 0. The van der Waals surface area contributed by atoms with E-state index in [2.05, 4.69) is 19.9 Å². The molecule has 1 aromatic rings. The molecule has 0 saturated carbocycles. The van der Waals surface area contributed by atoms with Crippen molar-refractivity contribution in [3.05, 3.63) is 35.4 Å². The lowest BCUT2D eigenvalue weighted by molar-refractivity contribution is 0.0132. The summed E-state index contributed by atoms with van der Waals surface area (Å²) < 4.78 is 0. The third kappa shape index (κ3) is 6.73. The van der Waals surface area contributed by atoms with E-state index in [1.54, 1.807) is 0 Å². The molecule has 0 aromatic heterocycles. The van der Waals surface area contributed by atoms with Crippen LogP contribution in [0.5, 0.6) is 0 Å². The molecular formula is C18H29NO. The monoisotopic (exact) mass is 275 g/mol. The molecule has 1 N–H and O–H groups in total. The summed E-state index contributed by atoms with van der Waals surface area (Å²) in [5.74, 6) is 0. The number of rotatable bonds is 7. The summed E-state index contributed by atoms with van der Waals surface area (Å²) in [6, 6.07) is 9.82. The average molecular weight is 275 g/mol. The lowest BCUT2D eigenvalue weighted by atomic mass is 9.86. The van der Waals surface area contributed by atoms with E-state index in [-0.39, 0.29) is 0 Å². The Labute approximate surface area is 124 Å². The van der Waals surface area contributed by atoms with Gasteiger partial charge in [-0.2, -0.15) is 5.26 Å². The minimum atomic E-state index is -0.536. The van der Waals surface area contributed by atoms with E-state index < -0.39 is 5.60 Å². The second kappa shape index (κ2) is 10.5. The molecule has 0 bridgehead atoms. The summed E-state index contributed by atoms with van der Waals surface area (Å²) in [6.45, 7) is 8.22. The third-order valence-electron chi connectivity index (χ3n) is 3.37. The lowest BCUT2D eigenvalue weighted by Gasteiger charge is -2.27. The quantitative estimate of drug-likeness (QED) is 0.773. The Kier molecular flexibility index (Phi) is 9.76. The van der Waals surface area contributed by atoms with E-state index in [1.165, 1.54) is 0 Å². The highest BCUT2D eigenvalue weighted by atomic mass is 16.3. The van der Waals surface area contributed by atoms with Gasteiger partial charge < -0.3 is 5.11 Å². The maximum Gasteiger partial charge on any atom is 0.0991 e. The van der Waals surface area contributed by atoms with Gasteiger partial charge >= 0.3 is 0 Å². The zero-order chi connectivity index (χ0) is 15.4. The van der Waals surface area contributed by atoms with Crippen LogP contribution < -0.4 is 0 Å². The van der Waals surface area contributed by atoms with Crippen LogP contribution >= 0.6 is 0 Å². The molecule has 0 amide bonds. The van der Waals surface area contributed by atoms with Crippen molar-refractivity contribution in [3.8, 4) is 6.07 Å². The topological polar surface area (TPSA) is 44.0 Å². The molecule has 0 aliphatic heterocycles. The van der Waals surface area contributed by atoms with Crippen molar-refractivity contribution in [1.29, 1.82) is 5.26 Å². The number of hydrogen-bond donors (Lipinski definition) is 1. The van der Waals surface area contributed by atoms with Gasteiger partial charge in [-0.05, 0) is 43.4 Å². The zero-order valence-corrected chi connectivity index (χ0v) is 13.4. The molecule has 0 unspecified atom stereocenters. The summed E-state index contributed by atoms with van der Waals surface area (Å²) in [5.41, 5.74) is 1.30. The molecule has 0 fully saturated rings. The van der Waals surface area contributed by atoms with Gasteiger partial charge in [-0.1, -0.05) is 52.7 Å². The maximum absolute atomic E-state index is 10.5. The molecule has 112 valence electrons. The Morgan fingerprint density at radius 1 is 1.10 bits per heavy atom. The first-order valence-electron chi connectivity index (χ1n) is 7.85. The molecule has 0 atom stereocenters. The smallest absolute Gasteiger partial charge is 0.0991 e. The first-order valence-corrected chi connectivity index (χ1v) is 7.85. The summed E-state index contributed by atoms with van der Waals surface area (Å²) in [7, 11) is 0. The van der Waals surface area contributed by atoms with Gasteiger partial charge in [-0.3, -0.25) is 0 Å². The lowest BCUT2D eigenvalue weighted by Crippen LogP contribution is -2.28. The summed E-state index contributed by atoms with van der Waals surface area (Å²) in [5, 5.41) is 19.4. The first-order chi connectivity index (χ1) is 9.63. The van der Waals surface area contributed by atoms with Crippen LogP contribution in [-0.4, -0.2) is 10.7 Å². The highest BCUT2D eigenvalue weighted by Gasteiger charge is 2.24. The fourth-order valence-electron chi connectivity index (χ4n) is 2.48. The average Bonchev–Trinajstić information content (AvgIpc) is 2.48. The molecule has 0 spiro atoms. The Hall–Kier alpha value is -1.33. The molecule has 0 heterocycles. The molecule has 2 heteroatoms. The van der Waals surface area contributed by atoms with Gasteiger partial charge in [0, 0.05) is 0 Å².